The van der Waals surface area contributed by atoms with Gasteiger partial charge in [0.15, 0.2) is 6.61 Å². The number of hydrogen-bond donors (Lipinski definition) is 2. The molecule has 0 atom stereocenters. The summed E-state index contributed by atoms with van der Waals surface area (Å²) in [7, 11) is 1.30. The predicted molar refractivity (Wildman–Crippen MR) is 103 cm³/mol. The topological polar surface area (TPSA) is 111 Å². The van der Waals surface area contributed by atoms with Crippen LogP contribution < -0.4 is 10.6 Å². The molecule has 2 N–H and O–H groups in total. The second-order valence-electron chi connectivity index (χ2n) is 5.61. The van der Waals surface area contributed by atoms with Gasteiger partial charge in [0, 0.05) is 18.7 Å². The van der Waals surface area contributed by atoms with E-state index >= 15 is 0 Å². The number of ether oxygens (including phenoxy) is 2. The molecule has 28 heavy (non-hydrogen) atoms. The van der Waals surface area contributed by atoms with Crippen LogP contribution in [0.2, 0.25) is 0 Å². The van der Waals surface area contributed by atoms with Crippen LogP contribution in [-0.2, 0) is 19.1 Å². The molecule has 9 heteroatoms. The number of methoxy groups -OCH3 is 1. The number of amides is 2. The Labute approximate surface area is 165 Å². The van der Waals surface area contributed by atoms with Crippen LogP contribution in [0.3, 0.4) is 0 Å². The number of thiophene rings is 1. The Hall–Kier alpha value is -3.20. The minimum absolute atomic E-state index is 0.200. The number of anilines is 1. The molecule has 0 aliphatic heterocycles. The number of hydrogen-bond acceptors (Lipinski definition) is 7. The monoisotopic (exact) mass is 404 g/mol. The smallest absolute Gasteiger partial charge is 0.338 e. The maximum atomic E-state index is 12.0. The Morgan fingerprint density at radius 3 is 2.46 bits per heavy atom. The quantitative estimate of drug-likeness (QED) is 0.490. The van der Waals surface area contributed by atoms with E-state index in [1.807, 2.05) is 5.38 Å². The van der Waals surface area contributed by atoms with Crippen molar-refractivity contribution >= 4 is 40.8 Å². The van der Waals surface area contributed by atoms with E-state index in [9.17, 15) is 19.2 Å². The van der Waals surface area contributed by atoms with Gasteiger partial charge in [-0.1, -0.05) is 6.07 Å². The first-order valence-corrected chi connectivity index (χ1v) is 9.33. The minimum atomic E-state index is -0.652. The Balaban J connectivity index is 1.73. The fraction of sp³-hybridized carbons (Fsp3) is 0.263. The van der Waals surface area contributed by atoms with E-state index in [1.165, 1.54) is 30.6 Å². The van der Waals surface area contributed by atoms with Crippen molar-refractivity contribution in [1.29, 1.82) is 0 Å². The molecule has 1 aromatic carbocycles. The zero-order valence-corrected chi connectivity index (χ0v) is 16.0. The van der Waals surface area contributed by atoms with E-state index in [-0.39, 0.29) is 30.4 Å². The van der Waals surface area contributed by atoms with Crippen molar-refractivity contribution in [1.82, 2.24) is 5.32 Å². The molecule has 2 aromatic rings. The van der Waals surface area contributed by atoms with Crippen molar-refractivity contribution in [3.63, 3.8) is 0 Å². The molecule has 8 nitrogen and oxygen atoms in total. The highest BCUT2D eigenvalue weighted by molar-refractivity contribution is 7.12. The molecule has 2 amide bonds. The summed E-state index contributed by atoms with van der Waals surface area (Å²) in [5.41, 5.74) is 0.797. The van der Waals surface area contributed by atoms with Crippen LogP contribution in [0.15, 0.2) is 41.8 Å². The highest BCUT2D eigenvalue weighted by atomic mass is 32.1. The van der Waals surface area contributed by atoms with Gasteiger partial charge in [0.2, 0.25) is 0 Å². The molecule has 1 aromatic heterocycles. The SMILES string of the molecule is COC(=O)CCCNC(=O)COC(=O)c1ccc(NC(=O)c2cccs2)cc1. The lowest BCUT2D eigenvalue weighted by atomic mass is 10.2. The van der Waals surface area contributed by atoms with Crippen LogP contribution in [-0.4, -0.2) is 44.0 Å². The average Bonchev–Trinajstić information content (AvgIpc) is 3.24. The van der Waals surface area contributed by atoms with E-state index in [2.05, 4.69) is 15.4 Å². The highest BCUT2D eigenvalue weighted by Gasteiger charge is 2.11. The first-order chi connectivity index (χ1) is 13.5. The van der Waals surface area contributed by atoms with Gasteiger partial charge in [0.1, 0.15) is 0 Å². The molecule has 0 spiro atoms. The average molecular weight is 404 g/mol. The zero-order valence-electron chi connectivity index (χ0n) is 15.2. The fourth-order valence-electron chi connectivity index (χ4n) is 2.12. The molecule has 0 saturated carbocycles. The Morgan fingerprint density at radius 2 is 1.82 bits per heavy atom. The Morgan fingerprint density at radius 1 is 1.07 bits per heavy atom. The van der Waals surface area contributed by atoms with Crippen molar-refractivity contribution < 1.29 is 28.7 Å². The van der Waals surface area contributed by atoms with Crippen LogP contribution in [0.4, 0.5) is 5.69 Å². The summed E-state index contributed by atoms with van der Waals surface area (Å²) in [6, 6.07) is 9.66. The lowest BCUT2D eigenvalue weighted by Crippen LogP contribution is -2.29. The Bertz CT molecular complexity index is 817. The molecule has 0 aliphatic carbocycles. The van der Waals surface area contributed by atoms with Gasteiger partial charge < -0.3 is 20.1 Å². The number of nitrogens with one attached hydrogen (secondary N) is 2. The van der Waals surface area contributed by atoms with Crippen molar-refractivity contribution in [2.75, 3.05) is 25.6 Å². The van der Waals surface area contributed by atoms with E-state index in [4.69, 9.17) is 4.74 Å². The number of esters is 2. The van der Waals surface area contributed by atoms with E-state index in [0.717, 1.165) is 0 Å². The second kappa shape index (κ2) is 10.8. The third-order valence-electron chi connectivity index (χ3n) is 3.57. The molecular weight excluding hydrogens is 384 g/mol. The van der Waals surface area contributed by atoms with E-state index in [0.29, 0.717) is 17.0 Å². The summed E-state index contributed by atoms with van der Waals surface area (Å²) >= 11 is 1.33. The number of carbonyl (C=O) groups excluding carboxylic acids is 4. The maximum absolute atomic E-state index is 12.0. The molecule has 0 fully saturated rings. The summed E-state index contributed by atoms with van der Waals surface area (Å²) in [6.07, 6.45) is 0.636. The van der Waals surface area contributed by atoms with Gasteiger partial charge in [0.05, 0.1) is 17.6 Å². The van der Waals surface area contributed by atoms with Gasteiger partial charge >= 0.3 is 11.9 Å². The van der Waals surface area contributed by atoms with Crippen LogP contribution in [0.5, 0.6) is 0 Å². The van der Waals surface area contributed by atoms with Gasteiger partial charge in [-0.25, -0.2) is 4.79 Å². The van der Waals surface area contributed by atoms with Crippen molar-refractivity contribution in [2.24, 2.45) is 0 Å². The molecule has 2 rings (SSSR count). The first-order valence-electron chi connectivity index (χ1n) is 8.45. The molecule has 1 heterocycles. The van der Waals surface area contributed by atoms with Gasteiger partial charge in [-0.2, -0.15) is 0 Å². The first kappa shape index (κ1) is 21.1. The van der Waals surface area contributed by atoms with E-state index in [1.54, 1.807) is 24.3 Å². The largest absolute Gasteiger partial charge is 0.469 e. The van der Waals surface area contributed by atoms with Crippen LogP contribution in [0, 0.1) is 0 Å². The third kappa shape index (κ3) is 6.84. The molecule has 0 aliphatic rings. The van der Waals surface area contributed by atoms with Gasteiger partial charge in [0.25, 0.3) is 11.8 Å². The number of benzene rings is 1. The summed E-state index contributed by atoms with van der Waals surface area (Å²) in [4.78, 5) is 47.1. The number of carbonyl (C=O) groups is 4. The zero-order chi connectivity index (χ0) is 20.4. The minimum Gasteiger partial charge on any atom is -0.469 e. The molecule has 0 bridgehead atoms. The van der Waals surface area contributed by atoms with Crippen LogP contribution in [0.25, 0.3) is 0 Å². The lowest BCUT2D eigenvalue weighted by molar-refractivity contribution is -0.140. The summed E-state index contributed by atoms with van der Waals surface area (Å²) < 4.78 is 9.43. The Kier molecular flexibility index (Phi) is 8.16. The summed E-state index contributed by atoms with van der Waals surface area (Å²) in [6.45, 7) is -0.141. The van der Waals surface area contributed by atoms with Gasteiger partial charge in [-0.3, -0.25) is 14.4 Å². The van der Waals surface area contributed by atoms with Crippen LogP contribution >= 0.6 is 11.3 Å². The normalized spacial score (nSPS) is 10.0. The standard InChI is InChI=1S/C19H20N2O6S/c1-26-17(23)5-2-10-20-16(22)12-27-19(25)13-6-8-14(9-7-13)21-18(24)15-4-3-11-28-15/h3-4,6-9,11H,2,5,10,12H2,1H3,(H,20,22)(H,21,24). The van der Waals surface area contributed by atoms with Gasteiger partial charge in [-0.15, -0.1) is 11.3 Å². The molecular formula is C19H20N2O6S. The maximum Gasteiger partial charge on any atom is 0.338 e. The molecule has 0 radical (unpaired) electrons. The summed E-state index contributed by atoms with van der Waals surface area (Å²) in [5.74, 6) is -1.69. The highest BCUT2D eigenvalue weighted by Crippen LogP contribution is 2.14. The fourth-order valence-corrected chi connectivity index (χ4v) is 2.74. The van der Waals surface area contributed by atoms with E-state index < -0.39 is 18.5 Å². The lowest BCUT2D eigenvalue weighted by Gasteiger charge is -2.07. The molecule has 148 valence electrons. The van der Waals surface area contributed by atoms with Crippen molar-refractivity contribution in [3.05, 3.63) is 52.2 Å². The molecule has 0 unspecified atom stereocenters. The number of rotatable bonds is 9. The third-order valence-corrected chi connectivity index (χ3v) is 4.43. The van der Waals surface area contributed by atoms with Crippen LogP contribution in [0.1, 0.15) is 32.9 Å². The molecule has 0 saturated heterocycles. The van der Waals surface area contributed by atoms with Crippen molar-refractivity contribution in [2.45, 2.75) is 12.8 Å². The summed E-state index contributed by atoms with van der Waals surface area (Å²) in [5, 5.41) is 7.08. The predicted octanol–water partition coefficient (Wildman–Crippen LogP) is 2.23. The van der Waals surface area contributed by atoms with Crippen molar-refractivity contribution in [3.8, 4) is 0 Å². The second-order valence-corrected chi connectivity index (χ2v) is 6.56. The van der Waals surface area contributed by atoms with Gasteiger partial charge in [-0.05, 0) is 42.1 Å².